The molecular weight excluding hydrogens is 308 g/mol. The minimum absolute atomic E-state index is 0.112. The van der Waals surface area contributed by atoms with E-state index in [1.54, 1.807) is 12.1 Å². The van der Waals surface area contributed by atoms with E-state index in [9.17, 15) is 4.79 Å². The summed E-state index contributed by atoms with van der Waals surface area (Å²) < 4.78 is 9.88. The molecule has 2 N–H and O–H groups in total. The van der Waals surface area contributed by atoms with Crippen molar-refractivity contribution < 1.29 is 19.3 Å². The van der Waals surface area contributed by atoms with E-state index in [-0.39, 0.29) is 6.61 Å². The van der Waals surface area contributed by atoms with Crippen LogP contribution in [-0.2, 0) is 16.1 Å². The lowest BCUT2D eigenvalue weighted by atomic mass is 10.1. The summed E-state index contributed by atoms with van der Waals surface area (Å²) >= 11 is 0. The highest BCUT2D eigenvalue weighted by Gasteiger charge is 2.18. The molecule has 1 atom stereocenters. The number of nitrogens with zero attached hydrogens (tertiary/aromatic N) is 2. The number of hydrogen-bond acceptors (Lipinski definition) is 5. The Kier molecular flexibility index (Phi) is 5.05. The van der Waals surface area contributed by atoms with Gasteiger partial charge >= 0.3 is 5.97 Å². The molecule has 2 aromatic carbocycles. The molecule has 7 heteroatoms. The summed E-state index contributed by atoms with van der Waals surface area (Å²) in [5, 5.41) is 5.13. The van der Waals surface area contributed by atoms with E-state index in [1.807, 2.05) is 30.3 Å². The lowest BCUT2D eigenvalue weighted by Crippen LogP contribution is -3.08. The Hall–Kier alpha value is -2.90. The Morgan fingerprint density at radius 1 is 1.17 bits per heavy atom. The zero-order valence-corrected chi connectivity index (χ0v) is 13.2. The summed E-state index contributed by atoms with van der Waals surface area (Å²) in [4.78, 5) is 11.1. The summed E-state index contributed by atoms with van der Waals surface area (Å²) in [6.07, 6.45) is 0. The third-order valence-electron chi connectivity index (χ3n) is 3.55. The summed E-state index contributed by atoms with van der Waals surface area (Å²) in [5.74, 6) is 0.983. The first kappa shape index (κ1) is 16.0. The minimum atomic E-state index is -0.416. The van der Waals surface area contributed by atoms with E-state index < -0.39 is 5.97 Å². The van der Waals surface area contributed by atoms with Gasteiger partial charge in [-0.3, -0.25) is 0 Å². The van der Waals surface area contributed by atoms with E-state index in [1.165, 1.54) is 12.7 Å². The van der Waals surface area contributed by atoms with Gasteiger partial charge in [0.15, 0.2) is 6.61 Å². The van der Waals surface area contributed by atoms with Crippen molar-refractivity contribution in [3.05, 3.63) is 71.3 Å². The van der Waals surface area contributed by atoms with Gasteiger partial charge in [0, 0.05) is 5.56 Å². The zero-order valence-electron chi connectivity index (χ0n) is 13.2. The van der Waals surface area contributed by atoms with Crippen LogP contribution in [0.1, 0.15) is 11.1 Å². The van der Waals surface area contributed by atoms with Gasteiger partial charge in [-0.1, -0.05) is 30.3 Å². The smallest absolute Gasteiger partial charge is 0.343 e. The fraction of sp³-hybridized carbons (Fsp3) is 0.176. The van der Waals surface area contributed by atoms with Crippen LogP contribution in [0.25, 0.3) is 5.53 Å². The van der Waals surface area contributed by atoms with Crippen molar-refractivity contribution in [2.24, 2.45) is 5.10 Å². The fourth-order valence-corrected chi connectivity index (χ4v) is 2.31. The molecule has 0 fully saturated rings. The van der Waals surface area contributed by atoms with Gasteiger partial charge in [0.25, 0.3) is 0 Å². The Morgan fingerprint density at radius 2 is 1.92 bits per heavy atom. The lowest BCUT2D eigenvalue weighted by Gasteiger charge is -2.23. The van der Waals surface area contributed by atoms with Crippen LogP contribution in [0, 0.1) is 0 Å². The molecule has 0 saturated carbocycles. The van der Waals surface area contributed by atoms with Crippen molar-refractivity contribution in [2.75, 3.05) is 13.7 Å². The second-order valence-electron chi connectivity index (χ2n) is 5.17. The molecule has 1 unspecified atom stereocenters. The Balaban J connectivity index is 1.65. The maximum Gasteiger partial charge on any atom is 0.343 e. The average Bonchev–Trinajstić information content (AvgIpc) is 3.09. The van der Waals surface area contributed by atoms with E-state index in [4.69, 9.17) is 4.74 Å². The van der Waals surface area contributed by atoms with Crippen molar-refractivity contribution in [1.82, 2.24) is 5.53 Å². The predicted octanol–water partition coefficient (Wildman–Crippen LogP) is 0.792. The van der Waals surface area contributed by atoms with Gasteiger partial charge < -0.3 is 25.6 Å². The van der Waals surface area contributed by atoms with Crippen molar-refractivity contribution in [3.8, 4) is 5.75 Å². The second kappa shape index (κ2) is 7.58. The second-order valence-corrected chi connectivity index (χ2v) is 5.17. The van der Waals surface area contributed by atoms with Crippen LogP contribution in [0.2, 0.25) is 0 Å². The van der Waals surface area contributed by atoms with Crippen LogP contribution < -0.4 is 15.3 Å². The van der Waals surface area contributed by atoms with Crippen molar-refractivity contribution >= 4 is 11.8 Å². The number of nitrogens with one attached hydrogen (secondary N) is 2. The van der Waals surface area contributed by atoms with Crippen molar-refractivity contribution in [3.63, 3.8) is 0 Å². The summed E-state index contributed by atoms with van der Waals surface area (Å²) in [7, 11) is 1.33. The lowest BCUT2D eigenvalue weighted by molar-refractivity contribution is -0.776. The summed E-state index contributed by atoms with van der Waals surface area (Å²) in [5.41, 5.74) is 9.04. The molecule has 3 rings (SSSR count). The first-order chi connectivity index (χ1) is 11.8. The number of methoxy groups -OCH3 is 1. The molecule has 1 aliphatic heterocycles. The molecule has 124 valence electrons. The van der Waals surface area contributed by atoms with Crippen LogP contribution >= 0.6 is 0 Å². The molecule has 0 spiro atoms. The van der Waals surface area contributed by atoms with Crippen LogP contribution in [0.5, 0.6) is 5.75 Å². The number of hydrazone groups is 1. The van der Waals surface area contributed by atoms with E-state index in [2.05, 4.69) is 33.0 Å². The summed E-state index contributed by atoms with van der Waals surface area (Å²) in [6, 6.07) is 17.5. The minimum Gasteiger partial charge on any atom is -0.482 e. The number of rotatable bonds is 6. The quantitative estimate of drug-likeness (QED) is 0.770. The molecule has 0 amide bonds. The van der Waals surface area contributed by atoms with Gasteiger partial charge in [0.05, 0.1) is 12.7 Å². The standard InChI is InChI=1S/C17H18N4O3/c1-23-16(22)12-24-15-9-7-14(8-10-15)17-18-19-20-21(17)11-13-5-3-2-4-6-13/h2-10,19,21H,11-12H2,1H3. The molecule has 0 saturated heterocycles. The van der Waals surface area contributed by atoms with E-state index >= 15 is 0 Å². The Morgan fingerprint density at radius 3 is 2.62 bits per heavy atom. The number of amidine groups is 1. The fourth-order valence-electron chi connectivity index (χ4n) is 2.31. The number of esters is 1. The number of carbonyl (C=O) groups excluding carboxylic acids is 1. The highest BCUT2D eigenvalue weighted by Crippen LogP contribution is 2.13. The monoisotopic (exact) mass is 326 g/mol. The molecule has 1 aliphatic rings. The Labute approximate surface area is 139 Å². The molecule has 2 aromatic rings. The topological polar surface area (TPSA) is 78.5 Å². The number of benzene rings is 2. The van der Waals surface area contributed by atoms with Crippen LogP contribution in [0.3, 0.4) is 0 Å². The summed E-state index contributed by atoms with van der Waals surface area (Å²) in [6.45, 7) is 0.590. The Bertz CT molecular complexity index is 716. The van der Waals surface area contributed by atoms with Gasteiger partial charge in [0.2, 0.25) is 5.84 Å². The highest BCUT2D eigenvalue weighted by molar-refractivity contribution is 5.92. The molecule has 0 aromatic heterocycles. The third kappa shape index (κ3) is 3.89. The third-order valence-corrected chi connectivity index (χ3v) is 3.55. The zero-order chi connectivity index (χ0) is 16.8. The molecule has 0 bridgehead atoms. The predicted molar refractivity (Wildman–Crippen MR) is 88.1 cm³/mol. The SMILES string of the molecule is COC(=O)COc1ccc(C2=NN[N-][NH+]2Cc2ccccc2)cc1. The maximum atomic E-state index is 11.1. The molecule has 24 heavy (non-hydrogen) atoms. The number of ether oxygens (including phenoxy) is 2. The van der Waals surface area contributed by atoms with Gasteiger partial charge in [0.1, 0.15) is 12.3 Å². The van der Waals surface area contributed by atoms with Crippen LogP contribution in [-0.4, -0.2) is 25.5 Å². The number of carbonyl (C=O) groups is 1. The van der Waals surface area contributed by atoms with Crippen molar-refractivity contribution in [2.45, 2.75) is 6.54 Å². The van der Waals surface area contributed by atoms with Gasteiger partial charge in [-0.2, -0.15) is 0 Å². The molecule has 0 radical (unpaired) electrons. The molecular formula is C17H18N4O3. The maximum absolute atomic E-state index is 11.1. The molecule has 1 heterocycles. The van der Waals surface area contributed by atoms with Crippen molar-refractivity contribution in [1.29, 1.82) is 0 Å². The first-order valence-corrected chi connectivity index (χ1v) is 7.50. The van der Waals surface area contributed by atoms with Gasteiger partial charge in [-0.05, 0) is 24.3 Å². The first-order valence-electron chi connectivity index (χ1n) is 7.50. The van der Waals surface area contributed by atoms with E-state index in [0.717, 1.165) is 16.4 Å². The normalized spacial score (nSPS) is 16.2. The van der Waals surface area contributed by atoms with Crippen LogP contribution in [0.15, 0.2) is 59.7 Å². The average molecular weight is 326 g/mol. The number of hydrogen-bond donors (Lipinski definition) is 2. The van der Waals surface area contributed by atoms with Gasteiger partial charge in [-0.25, -0.2) is 4.79 Å². The largest absolute Gasteiger partial charge is 0.482 e. The molecule has 0 aliphatic carbocycles. The number of quaternary nitrogens is 1. The highest BCUT2D eigenvalue weighted by atomic mass is 16.6. The van der Waals surface area contributed by atoms with Crippen LogP contribution in [0.4, 0.5) is 0 Å². The van der Waals surface area contributed by atoms with E-state index in [0.29, 0.717) is 12.3 Å². The molecule has 7 nitrogen and oxygen atoms in total. The van der Waals surface area contributed by atoms with Gasteiger partial charge in [-0.15, -0.1) is 5.10 Å².